The van der Waals surface area contributed by atoms with E-state index < -0.39 is 6.04 Å². The number of hydrogen-bond donors (Lipinski definition) is 1. The molecule has 7 nitrogen and oxygen atoms in total. The van der Waals surface area contributed by atoms with Crippen LogP contribution in [0.15, 0.2) is 66.7 Å². The van der Waals surface area contributed by atoms with E-state index in [2.05, 4.69) is 12.2 Å². The molecule has 0 radical (unpaired) electrons. The molecule has 3 aromatic carbocycles. The number of ether oxygens (including phenoxy) is 2. The van der Waals surface area contributed by atoms with Crippen molar-refractivity contribution in [3.63, 3.8) is 0 Å². The van der Waals surface area contributed by atoms with Gasteiger partial charge in [-0.15, -0.1) is 0 Å². The number of carbonyl (C=O) groups is 2. The Morgan fingerprint density at radius 1 is 1.05 bits per heavy atom. The molecule has 8 heteroatoms. The normalized spacial score (nSPS) is 12.9. The van der Waals surface area contributed by atoms with E-state index in [1.54, 1.807) is 30.1 Å². The van der Waals surface area contributed by atoms with Crippen LogP contribution in [0.4, 0.5) is 5.69 Å². The Balaban J connectivity index is 1.41. The number of fused-ring (bicyclic) bond motifs is 2. The van der Waals surface area contributed by atoms with Crippen LogP contribution in [0.25, 0.3) is 10.9 Å². The number of aryl methyl sites for hydroxylation is 1. The molecule has 1 N–H and O–H groups in total. The molecule has 1 aliphatic rings. The summed E-state index contributed by atoms with van der Waals surface area (Å²) in [5.41, 5.74) is 4.63. The van der Waals surface area contributed by atoms with Crippen molar-refractivity contribution in [2.24, 2.45) is 0 Å². The summed E-state index contributed by atoms with van der Waals surface area (Å²) in [7, 11) is 1.70. The number of nitrogens with zero attached hydrogens (tertiary/aromatic N) is 2. The van der Waals surface area contributed by atoms with Crippen LogP contribution in [0.1, 0.15) is 23.7 Å². The van der Waals surface area contributed by atoms with Gasteiger partial charge in [-0.1, -0.05) is 54.9 Å². The van der Waals surface area contributed by atoms with Gasteiger partial charge in [0.05, 0.1) is 10.5 Å². The van der Waals surface area contributed by atoms with E-state index in [9.17, 15) is 9.59 Å². The first-order valence-electron chi connectivity index (χ1n) is 12.6. The van der Waals surface area contributed by atoms with E-state index >= 15 is 0 Å². The van der Waals surface area contributed by atoms with Crippen LogP contribution >= 0.6 is 11.6 Å². The highest BCUT2D eigenvalue weighted by Crippen LogP contribution is 2.35. The number of aromatic nitrogens is 1. The molecule has 0 bridgehead atoms. The number of benzene rings is 3. The lowest BCUT2D eigenvalue weighted by Gasteiger charge is -2.25. The average molecular weight is 532 g/mol. The molecular formula is C30H30ClN3O4. The van der Waals surface area contributed by atoms with Crippen molar-refractivity contribution >= 4 is 40.0 Å². The summed E-state index contributed by atoms with van der Waals surface area (Å²) in [6.07, 6.45) is 1.16. The van der Waals surface area contributed by atoms with Crippen molar-refractivity contribution in [2.45, 2.75) is 39.3 Å². The number of nitrogens with one attached hydrogen (secondary N) is 1. The maximum absolute atomic E-state index is 13.7. The highest BCUT2D eigenvalue weighted by Gasteiger charge is 2.27. The quantitative estimate of drug-likeness (QED) is 0.335. The maximum atomic E-state index is 13.7. The van der Waals surface area contributed by atoms with Crippen molar-refractivity contribution in [1.29, 1.82) is 0 Å². The lowest BCUT2D eigenvalue weighted by molar-refractivity contribution is -0.127. The Morgan fingerprint density at radius 2 is 1.82 bits per heavy atom. The number of carbonyl (C=O) groups excluding carboxylic acids is 2. The third-order valence-corrected chi connectivity index (χ3v) is 7.39. The number of anilines is 1. The SMILES string of the molecule is CCc1c(C)n(CC(=O)N[C@@H](Cc2ccccc2)C(=O)N(C)c2ccc3c(c2)OCO3)c2cccc(Cl)c12. The average Bonchev–Trinajstić information content (AvgIpc) is 3.50. The minimum absolute atomic E-state index is 0.0784. The molecule has 1 aromatic heterocycles. The van der Waals surface area contributed by atoms with Crippen LogP contribution in [0.3, 0.4) is 0 Å². The fourth-order valence-electron chi connectivity index (χ4n) is 5.09. The van der Waals surface area contributed by atoms with Gasteiger partial charge in [-0.2, -0.15) is 0 Å². The standard InChI is InChI=1S/C30H30ClN3O4/c1-4-22-19(2)34(25-12-8-11-23(31)29(22)25)17-28(35)32-24(15-20-9-6-5-7-10-20)30(36)33(3)21-13-14-26-27(16-21)38-18-37-26/h5-14,16,24H,4,15,17-18H2,1-3H3,(H,32,35)/t24-/m0/s1. The van der Waals surface area contributed by atoms with Crippen molar-refractivity contribution in [1.82, 2.24) is 9.88 Å². The topological polar surface area (TPSA) is 72.8 Å². The van der Waals surface area contributed by atoms with E-state index in [0.717, 1.165) is 34.1 Å². The Labute approximate surface area is 226 Å². The lowest BCUT2D eigenvalue weighted by Crippen LogP contribution is -2.49. The molecule has 5 rings (SSSR count). The Bertz CT molecular complexity index is 1500. The van der Waals surface area contributed by atoms with Gasteiger partial charge < -0.3 is 24.3 Å². The van der Waals surface area contributed by atoms with Crippen LogP contribution in [0.5, 0.6) is 11.5 Å². The fraction of sp³-hybridized carbons (Fsp3) is 0.267. The minimum atomic E-state index is -0.767. The predicted molar refractivity (Wildman–Crippen MR) is 149 cm³/mol. The molecule has 1 atom stereocenters. The van der Waals surface area contributed by atoms with Crippen LogP contribution in [-0.4, -0.2) is 36.3 Å². The summed E-state index contributed by atoms with van der Waals surface area (Å²) in [6.45, 7) is 4.31. The molecule has 0 saturated carbocycles. The Hall–Kier alpha value is -3.97. The summed E-state index contributed by atoms with van der Waals surface area (Å²) < 4.78 is 12.8. The van der Waals surface area contributed by atoms with Gasteiger partial charge in [-0.25, -0.2) is 0 Å². The van der Waals surface area contributed by atoms with Crippen molar-refractivity contribution in [3.05, 3.63) is 88.6 Å². The molecule has 2 heterocycles. The van der Waals surface area contributed by atoms with Crippen LogP contribution in [-0.2, 0) is 29.0 Å². The van der Waals surface area contributed by atoms with Gasteiger partial charge in [-0.05, 0) is 48.7 Å². The smallest absolute Gasteiger partial charge is 0.249 e. The van der Waals surface area contributed by atoms with Gasteiger partial charge in [-0.3, -0.25) is 9.59 Å². The third-order valence-electron chi connectivity index (χ3n) is 7.07. The number of likely N-dealkylation sites (N-methyl/N-ethyl adjacent to an activating group) is 1. The zero-order valence-electron chi connectivity index (χ0n) is 21.7. The lowest BCUT2D eigenvalue weighted by atomic mass is 10.0. The Kier molecular flexibility index (Phi) is 7.29. The molecule has 0 fully saturated rings. The van der Waals surface area contributed by atoms with Crippen molar-refractivity contribution < 1.29 is 19.1 Å². The molecule has 0 aliphatic carbocycles. The van der Waals surface area contributed by atoms with Crippen molar-refractivity contribution in [2.75, 3.05) is 18.7 Å². The van der Waals surface area contributed by atoms with Crippen LogP contribution in [0.2, 0.25) is 5.02 Å². The molecule has 4 aromatic rings. The van der Waals surface area contributed by atoms with Gasteiger partial charge in [0, 0.05) is 36.3 Å². The van der Waals surface area contributed by atoms with Crippen LogP contribution in [0, 0.1) is 6.92 Å². The summed E-state index contributed by atoms with van der Waals surface area (Å²) in [4.78, 5) is 28.7. The first-order valence-corrected chi connectivity index (χ1v) is 13.0. The van der Waals surface area contributed by atoms with Gasteiger partial charge >= 0.3 is 0 Å². The predicted octanol–water partition coefficient (Wildman–Crippen LogP) is 5.28. The second-order valence-electron chi connectivity index (χ2n) is 9.38. The zero-order chi connectivity index (χ0) is 26.8. The van der Waals surface area contributed by atoms with E-state index in [-0.39, 0.29) is 25.2 Å². The first kappa shape index (κ1) is 25.7. The second kappa shape index (κ2) is 10.8. The van der Waals surface area contributed by atoms with Gasteiger partial charge in [0.25, 0.3) is 0 Å². The number of hydrogen-bond acceptors (Lipinski definition) is 4. The van der Waals surface area contributed by atoms with Crippen LogP contribution < -0.4 is 19.7 Å². The minimum Gasteiger partial charge on any atom is -0.454 e. The van der Waals surface area contributed by atoms with Gasteiger partial charge in [0.2, 0.25) is 18.6 Å². The van der Waals surface area contributed by atoms with E-state index in [1.807, 2.05) is 60.0 Å². The molecule has 38 heavy (non-hydrogen) atoms. The van der Waals surface area contributed by atoms with Gasteiger partial charge in [0.1, 0.15) is 12.6 Å². The first-order chi connectivity index (χ1) is 18.4. The summed E-state index contributed by atoms with van der Waals surface area (Å²) in [5, 5.41) is 4.65. The fourth-order valence-corrected chi connectivity index (χ4v) is 5.37. The second-order valence-corrected chi connectivity index (χ2v) is 9.79. The largest absolute Gasteiger partial charge is 0.454 e. The summed E-state index contributed by atoms with van der Waals surface area (Å²) in [6, 6.07) is 20.0. The van der Waals surface area contributed by atoms with E-state index in [1.165, 1.54) is 0 Å². The monoisotopic (exact) mass is 531 g/mol. The van der Waals surface area contributed by atoms with Crippen molar-refractivity contribution in [3.8, 4) is 11.5 Å². The number of halogens is 1. The molecule has 1 aliphatic heterocycles. The number of amides is 2. The summed E-state index contributed by atoms with van der Waals surface area (Å²) in [5.74, 6) is 0.754. The molecule has 0 saturated heterocycles. The molecular weight excluding hydrogens is 502 g/mol. The molecule has 2 amide bonds. The number of rotatable bonds is 8. The zero-order valence-corrected chi connectivity index (χ0v) is 22.4. The van der Waals surface area contributed by atoms with E-state index in [0.29, 0.717) is 28.6 Å². The summed E-state index contributed by atoms with van der Waals surface area (Å²) >= 11 is 6.53. The maximum Gasteiger partial charge on any atom is 0.249 e. The third kappa shape index (κ3) is 4.94. The highest BCUT2D eigenvalue weighted by molar-refractivity contribution is 6.35. The van der Waals surface area contributed by atoms with Gasteiger partial charge in [0.15, 0.2) is 11.5 Å². The highest BCUT2D eigenvalue weighted by atomic mass is 35.5. The molecule has 0 unspecified atom stereocenters. The van der Waals surface area contributed by atoms with E-state index in [4.69, 9.17) is 21.1 Å². The molecule has 0 spiro atoms. The Morgan fingerprint density at radius 3 is 2.58 bits per heavy atom. The molecule has 196 valence electrons.